The lowest BCUT2D eigenvalue weighted by Crippen LogP contribution is -2.21. The van der Waals surface area contributed by atoms with Crippen molar-refractivity contribution in [2.75, 3.05) is 11.9 Å². The minimum atomic E-state index is -0.468. The van der Waals surface area contributed by atoms with E-state index in [-0.39, 0.29) is 13.0 Å². The van der Waals surface area contributed by atoms with Crippen molar-refractivity contribution in [3.05, 3.63) is 63.6 Å². The molecule has 114 valence electrons. The molecule has 0 aromatic heterocycles. The molecule has 1 N–H and O–H groups in total. The van der Waals surface area contributed by atoms with Crippen molar-refractivity contribution in [1.29, 1.82) is 0 Å². The molecule has 0 aliphatic heterocycles. The van der Waals surface area contributed by atoms with Crippen LogP contribution in [0.5, 0.6) is 0 Å². The number of carbonyl (C=O) groups excluding carboxylic acids is 2. The lowest BCUT2D eigenvalue weighted by molar-refractivity contribution is -0.146. The summed E-state index contributed by atoms with van der Waals surface area (Å²) in [5.41, 5.74) is 1.40. The van der Waals surface area contributed by atoms with Crippen molar-refractivity contribution < 1.29 is 14.3 Å². The van der Waals surface area contributed by atoms with E-state index in [1.54, 1.807) is 36.4 Å². The largest absolute Gasteiger partial charge is 0.455 e. The average Bonchev–Trinajstić information content (AvgIpc) is 2.50. The zero-order chi connectivity index (χ0) is 15.9. The number of amides is 1. The fraction of sp³-hybridized carbons (Fsp3) is 0.125. The van der Waals surface area contributed by atoms with Gasteiger partial charge in [0.2, 0.25) is 0 Å². The van der Waals surface area contributed by atoms with Gasteiger partial charge in [-0.3, -0.25) is 9.59 Å². The van der Waals surface area contributed by atoms with E-state index in [9.17, 15) is 9.59 Å². The van der Waals surface area contributed by atoms with Gasteiger partial charge in [-0.05, 0) is 45.8 Å². The van der Waals surface area contributed by atoms with Crippen LogP contribution in [0.25, 0.3) is 0 Å². The first-order valence-electron chi connectivity index (χ1n) is 6.49. The third kappa shape index (κ3) is 5.16. The van der Waals surface area contributed by atoms with E-state index in [4.69, 9.17) is 16.3 Å². The molecule has 0 heterocycles. The number of esters is 1. The molecule has 0 fully saturated rings. The van der Waals surface area contributed by atoms with Crippen LogP contribution in [-0.4, -0.2) is 18.5 Å². The summed E-state index contributed by atoms with van der Waals surface area (Å²) < 4.78 is 5.71. The normalized spacial score (nSPS) is 10.1. The fourth-order valence-electron chi connectivity index (χ4n) is 1.71. The van der Waals surface area contributed by atoms with Crippen LogP contribution in [0.15, 0.2) is 53.0 Å². The van der Waals surface area contributed by atoms with Crippen LogP contribution in [0, 0.1) is 0 Å². The van der Waals surface area contributed by atoms with Crippen LogP contribution in [0.1, 0.15) is 5.56 Å². The summed E-state index contributed by atoms with van der Waals surface area (Å²) in [6, 6.07) is 14.1. The van der Waals surface area contributed by atoms with Crippen LogP contribution in [0.4, 0.5) is 5.69 Å². The predicted molar refractivity (Wildman–Crippen MR) is 88.9 cm³/mol. The van der Waals surface area contributed by atoms with Crippen molar-refractivity contribution in [1.82, 2.24) is 0 Å². The molecule has 0 aliphatic carbocycles. The Bertz CT molecular complexity index is 673. The number of ether oxygens (including phenoxy) is 1. The first-order chi connectivity index (χ1) is 10.5. The number of carbonyl (C=O) groups is 2. The Hall–Kier alpha value is -1.85. The van der Waals surface area contributed by atoms with Gasteiger partial charge in [0, 0.05) is 9.50 Å². The van der Waals surface area contributed by atoms with Crippen molar-refractivity contribution in [2.45, 2.75) is 6.42 Å². The quantitative estimate of drug-likeness (QED) is 0.800. The van der Waals surface area contributed by atoms with E-state index in [0.717, 1.165) is 10.0 Å². The highest BCUT2D eigenvalue weighted by Crippen LogP contribution is 2.20. The first kappa shape index (κ1) is 16.5. The van der Waals surface area contributed by atoms with E-state index in [0.29, 0.717) is 10.7 Å². The second-order valence-electron chi connectivity index (χ2n) is 4.49. The van der Waals surface area contributed by atoms with E-state index in [1.165, 1.54) is 0 Å². The standard InChI is InChI=1S/C16H13BrClNO3/c17-13-3-1-2-4-14(13)19-15(20)10-22-16(21)9-11-5-7-12(18)8-6-11/h1-8H,9-10H2,(H,19,20). The molecule has 0 unspecified atom stereocenters. The Morgan fingerprint density at radius 2 is 1.77 bits per heavy atom. The molecule has 2 aromatic carbocycles. The maximum Gasteiger partial charge on any atom is 0.310 e. The predicted octanol–water partition coefficient (Wildman–Crippen LogP) is 3.83. The zero-order valence-corrected chi connectivity index (χ0v) is 13.9. The Balaban J connectivity index is 1.79. The van der Waals surface area contributed by atoms with Crippen molar-refractivity contribution in [3.63, 3.8) is 0 Å². The molecule has 0 saturated carbocycles. The minimum Gasteiger partial charge on any atom is -0.455 e. The summed E-state index contributed by atoms with van der Waals surface area (Å²) in [6.07, 6.45) is 0.0967. The lowest BCUT2D eigenvalue weighted by atomic mass is 10.1. The van der Waals surface area contributed by atoms with Crippen molar-refractivity contribution in [3.8, 4) is 0 Å². The van der Waals surface area contributed by atoms with Gasteiger partial charge in [0.15, 0.2) is 6.61 Å². The number of anilines is 1. The molecule has 0 radical (unpaired) electrons. The summed E-state index contributed by atoms with van der Waals surface area (Å²) in [5.74, 6) is -0.860. The van der Waals surface area contributed by atoms with Crippen LogP contribution in [0.2, 0.25) is 5.02 Å². The van der Waals surface area contributed by atoms with E-state index >= 15 is 0 Å². The van der Waals surface area contributed by atoms with Crippen LogP contribution < -0.4 is 5.32 Å². The minimum absolute atomic E-state index is 0.0967. The molecule has 0 atom stereocenters. The van der Waals surface area contributed by atoms with Gasteiger partial charge in [-0.1, -0.05) is 35.9 Å². The molecule has 6 heteroatoms. The van der Waals surface area contributed by atoms with Gasteiger partial charge in [0.25, 0.3) is 5.91 Å². The van der Waals surface area contributed by atoms with Gasteiger partial charge in [0.05, 0.1) is 12.1 Å². The number of rotatable bonds is 5. The Morgan fingerprint density at radius 3 is 2.45 bits per heavy atom. The third-order valence-electron chi connectivity index (χ3n) is 2.77. The molecule has 0 spiro atoms. The number of hydrogen-bond donors (Lipinski definition) is 1. The summed E-state index contributed by atoms with van der Waals surface area (Å²) in [7, 11) is 0. The van der Waals surface area contributed by atoms with Gasteiger partial charge in [-0.15, -0.1) is 0 Å². The molecule has 2 aromatic rings. The van der Waals surface area contributed by atoms with Crippen molar-refractivity contribution >= 4 is 45.1 Å². The lowest BCUT2D eigenvalue weighted by Gasteiger charge is -2.08. The highest BCUT2D eigenvalue weighted by molar-refractivity contribution is 9.10. The SMILES string of the molecule is O=C(COC(=O)Cc1ccc(Cl)cc1)Nc1ccccc1Br. The summed E-state index contributed by atoms with van der Waals surface area (Å²) >= 11 is 9.09. The maximum atomic E-state index is 11.7. The van der Waals surface area contributed by atoms with E-state index in [1.807, 2.05) is 12.1 Å². The molecule has 2 rings (SSSR count). The summed E-state index contributed by atoms with van der Waals surface area (Å²) in [6.45, 7) is -0.326. The van der Waals surface area contributed by atoms with E-state index < -0.39 is 11.9 Å². The number of para-hydroxylation sites is 1. The highest BCUT2D eigenvalue weighted by atomic mass is 79.9. The second-order valence-corrected chi connectivity index (χ2v) is 5.78. The zero-order valence-electron chi connectivity index (χ0n) is 11.5. The van der Waals surface area contributed by atoms with Gasteiger partial charge < -0.3 is 10.1 Å². The van der Waals surface area contributed by atoms with Crippen LogP contribution in [0.3, 0.4) is 0 Å². The van der Waals surface area contributed by atoms with Crippen LogP contribution in [-0.2, 0) is 20.7 Å². The smallest absolute Gasteiger partial charge is 0.310 e. The summed E-state index contributed by atoms with van der Waals surface area (Å²) in [4.78, 5) is 23.4. The molecule has 22 heavy (non-hydrogen) atoms. The van der Waals surface area contributed by atoms with Gasteiger partial charge >= 0.3 is 5.97 Å². The number of hydrogen-bond acceptors (Lipinski definition) is 3. The first-order valence-corrected chi connectivity index (χ1v) is 7.66. The average molecular weight is 383 g/mol. The molecule has 0 bridgehead atoms. The molecule has 1 amide bonds. The molecule has 0 saturated heterocycles. The topological polar surface area (TPSA) is 55.4 Å². The Labute approximate surface area is 141 Å². The van der Waals surface area contributed by atoms with Gasteiger partial charge in [-0.2, -0.15) is 0 Å². The maximum absolute atomic E-state index is 11.7. The number of benzene rings is 2. The monoisotopic (exact) mass is 381 g/mol. The number of halogens is 2. The molecule has 4 nitrogen and oxygen atoms in total. The molecular formula is C16H13BrClNO3. The Morgan fingerprint density at radius 1 is 1.09 bits per heavy atom. The highest BCUT2D eigenvalue weighted by Gasteiger charge is 2.10. The molecule has 0 aliphatic rings. The fourth-order valence-corrected chi connectivity index (χ4v) is 2.22. The number of nitrogens with one attached hydrogen (secondary N) is 1. The Kier molecular flexibility index (Phi) is 5.98. The summed E-state index contributed by atoms with van der Waals surface area (Å²) in [5, 5.41) is 3.26. The van der Waals surface area contributed by atoms with Crippen molar-refractivity contribution in [2.24, 2.45) is 0 Å². The second kappa shape index (κ2) is 7.96. The third-order valence-corrected chi connectivity index (χ3v) is 3.72. The van der Waals surface area contributed by atoms with Gasteiger partial charge in [0.1, 0.15) is 0 Å². The van der Waals surface area contributed by atoms with E-state index in [2.05, 4.69) is 21.2 Å². The van der Waals surface area contributed by atoms with Crippen LogP contribution >= 0.6 is 27.5 Å². The molecular weight excluding hydrogens is 370 g/mol. The van der Waals surface area contributed by atoms with Gasteiger partial charge in [-0.25, -0.2) is 0 Å².